The fraction of sp³-hybridized carbons (Fsp3) is 0.818. The van der Waals surface area contributed by atoms with Crippen molar-refractivity contribution in [3.05, 3.63) is 0 Å². The minimum absolute atomic E-state index is 0.193. The zero-order valence-electron chi connectivity index (χ0n) is 10.6. The molecule has 0 aliphatic heterocycles. The van der Waals surface area contributed by atoms with Crippen LogP contribution in [0.2, 0.25) is 0 Å². The molecular formula is C11H21NO4. The molecule has 5 nitrogen and oxygen atoms in total. The topological polar surface area (TPSA) is 64.6 Å². The van der Waals surface area contributed by atoms with E-state index >= 15 is 0 Å². The minimum Gasteiger partial charge on any atom is -0.461 e. The molecule has 0 rings (SSSR count). The van der Waals surface area contributed by atoms with Crippen molar-refractivity contribution in [2.24, 2.45) is 5.92 Å². The van der Waals surface area contributed by atoms with Gasteiger partial charge in [-0.05, 0) is 26.2 Å². The molecule has 0 aliphatic carbocycles. The second-order valence-corrected chi connectivity index (χ2v) is 4.30. The number of esters is 1. The zero-order chi connectivity index (χ0) is 12.7. The molecular weight excluding hydrogens is 210 g/mol. The third-order valence-corrected chi connectivity index (χ3v) is 1.82. The molecule has 0 aliphatic rings. The minimum atomic E-state index is -0.644. The summed E-state index contributed by atoms with van der Waals surface area (Å²) >= 11 is 0. The molecule has 0 aromatic carbocycles. The number of hydrogen-bond donors (Lipinski definition) is 1. The third-order valence-electron chi connectivity index (χ3n) is 1.82. The van der Waals surface area contributed by atoms with Crippen LogP contribution >= 0.6 is 0 Å². The predicted molar refractivity (Wildman–Crippen MR) is 60.0 cm³/mol. The summed E-state index contributed by atoms with van der Waals surface area (Å²) in [5.41, 5.74) is 0. The molecule has 5 heteroatoms. The first-order chi connectivity index (χ1) is 7.36. The van der Waals surface area contributed by atoms with Crippen LogP contribution in [0.15, 0.2) is 0 Å². The Hall–Kier alpha value is -1.26. The van der Waals surface area contributed by atoms with Gasteiger partial charge in [-0.25, -0.2) is 9.59 Å². The summed E-state index contributed by atoms with van der Waals surface area (Å²) in [5.74, 6) is -0.143. The van der Waals surface area contributed by atoms with Crippen molar-refractivity contribution >= 4 is 12.1 Å². The van der Waals surface area contributed by atoms with E-state index in [9.17, 15) is 9.59 Å². The van der Waals surface area contributed by atoms with Crippen LogP contribution in [-0.4, -0.2) is 31.3 Å². The van der Waals surface area contributed by atoms with Crippen molar-refractivity contribution < 1.29 is 19.1 Å². The van der Waals surface area contributed by atoms with Crippen LogP contribution in [-0.2, 0) is 14.3 Å². The van der Waals surface area contributed by atoms with Crippen molar-refractivity contribution in [1.82, 2.24) is 5.32 Å². The average Bonchev–Trinajstić information content (AvgIpc) is 2.14. The number of nitrogens with one attached hydrogen (secondary N) is 1. The maximum absolute atomic E-state index is 11.6. The maximum Gasteiger partial charge on any atom is 0.407 e. The summed E-state index contributed by atoms with van der Waals surface area (Å²) in [6.45, 7) is 7.47. The van der Waals surface area contributed by atoms with Crippen LogP contribution in [0, 0.1) is 5.92 Å². The van der Waals surface area contributed by atoms with Gasteiger partial charge < -0.3 is 14.8 Å². The number of methoxy groups -OCH3 is 1. The third kappa shape index (κ3) is 6.27. The van der Waals surface area contributed by atoms with Gasteiger partial charge in [0.05, 0.1) is 13.2 Å². The van der Waals surface area contributed by atoms with Crippen LogP contribution in [0.4, 0.5) is 4.79 Å². The van der Waals surface area contributed by atoms with E-state index in [-0.39, 0.29) is 12.0 Å². The molecule has 1 atom stereocenters. The fourth-order valence-corrected chi connectivity index (χ4v) is 1.20. The van der Waals surface area contributed by atoms with Crippen LogP contribution in [0.25, 0.3) is 0 Å². The molecule has 0 radical (unpaired) electrons. The van der Waals surface area contributed by atoms with E-state index in [4.69, 9.17) is 4.74 Å². The van der Waals surface area contributed by atoms with Crippen molar-refractivity contribution in [3.63, 3.8) is 0 Å². The lowest BCUT2D eigenvalue weighted by atomic mass is 10.0. The zero-order valence-corrected chi connectivity index (χ0v) is 10.6. The number of alkyl carbamates (subject to hydrolysis) is 1. The highest BCUT2D eigenvalue weighted by Gasteiger charge is 2.24. The number of carbonyl (C=O) groups excluding carboxylic acids is 2. The van der Waals surface area contributed by atoms with E-state index < -0.39 is 18.1 Å². The lowest BCUT2D eigenvalue weighted by Gasteiger charge is -2.19. The first kappa shape index (κ1) is 14.7. The summed E-state index contributed by atoms with van der Waals surface area (Å²) in [4.78, 5) is 22.7. The molecule has 0 aromatic heterocycles. The number of amides is 1. The molecule has 0 unspecified atom stereocenters. The molecule has 0 bridgehead atoms. The molecule has 94 valence electrons. The lowest BCUT2D eigenvalue weighted by molar-refractivity contribution is -0.150. The van der Waals surface area contributed by atoms with Gasteiger partial charge in [-0.2, -0.15) is 0 Å². The molecule has 0 fully saturated rings. The van der Waals surface area contributed by atoms with Crippen LogP contribution in [0.1, 0.15) is 34.1 Å². The van der Waals surface area contributed by atoms with Gasteiger partial charge in [0.15, 0.2) is 0 Å². The van der Waals surface area contributed by atoms with Crippen LogP contribution in [0.5, 0.6) is 0 Å². The van der Waals surface area contributed by atoms with Gasteiger partial charge >= 0.3 is 12.1 Å². The van der Waals surface area contributed by atoms with Crippen molar-refractivity contribution in [2.75, 3.05) is 7.11 Å². The van der Waals surface area contributed by atoms with Gasteiger partial charge in [0, 0.05) is 0 Å². The van der Waals surface area contributed by atoms with Crippen LogP contribution < -0.4 is 5.32 Å². The second kappa shape index (κ2) is 7.09. The van der Waals surface area contributed by atoms with E-state index in [1.165, 1.54) is 7.11 Å². The summed E-state index contributed by atoms with van der Waals surface area (Å²) in [6, 6.07) is -0.644. The average molecular weight is 231 g/mol. The Labute approximate surface area is 96.5 Å². The Morgan fingerprint density at radius 1 is 1.19 bits per heavy atom. The number of hydrogen-bond acceptors (Lipinski definition) is 4. The maximum atomic E-state index is 11.6. The molecule has 16 heavy (non-hydrogen) atoms. The first-order valence-corrected chi connectivity index (χ1v) is 5.41. The quantitative estimate of drug-likeness (QED) is 0.731. The smallest absolute Gasteiger partial charge is 0.407 e. The first-order valence-electron chi connectivity index (χ1n) is 5.41. The van der Waals surface area contributed by atoms with Crippen molar-refractivity contribution in [1.29, 1.82) is 0 Å². The summed E-state index contributed by atoms with van der Waals surface area (Å²) in [6.07, 6.45) is -0.284. The Balaban J connectivity index is 4.40. The van der Waals surface area contributed by atoms with Gasteiger partial charge in [-0.1, -0.05) is 13.8 Å². The predicted octanol–water partition coefficient (Wildman–Crippen LogP) is 1.71. The standard InChI is InChI=1S/C11H21NO4/c1-7(2)6-9(12-11(14)15-5)10(13)16-8(3)4/h7-9H,6H2,1-5H3,(H,12,14)/t9-/m0/s1. The van der Waals surface area contributed by atoms with Crippen LogP contribution in [0.3, 0.4) is 0 Å². The van der Waals surface area contributed by atoms with Crippen molar-refractivity contribution in [3.8, 4) is 0 Å². The summed E-state index contributed by atoms with van der Waals surface area (Å²) < 4.78 is 9.51. The van der Waals surface area contributed by atoms with E-state index in [2.05, 4.69) is 10.1 Å². The Bertz CT molecular complexity index is 238. The normalized spacial score (nSPS) is 12.4. The molecule has 1 N–H and O–H groups in total. The van der Waals surface area contributed by atoms with E-state index in [0.717, 1.165) is 0 Å². The molecule has 0 saturated heterocycles. The van der Waals surface area contributed by atoms with Gasteiger partial charge in [0.25, 0.3) is 0 Å². The Morgan fingerprint density at radius 3 is 2.12 bits per heavy atom. The Morgan fingerprint density at radius 2 is 1.75 bits per heavy atom. The largest absolute Gasteiger partial charge is 0.461 e. The van der Waals surface area contributed by atoms with Gasteiger partial charge in [-0.3, -0.25) is 0 Å². The highest BCUT2D eigenvalue weighted by atomic mass is 16.6. The highest BCUT2D eigenvalue weighted by Crippen LogP contribution is 2.07. The monoisotopic (exact) mass is 231 g/mol. The SMILES string of the molecule is COC(=O)N[C@@H](CC(C)C)C(=O)OC(C)C. The molecule has 0 saturated carbocycles. The molecule has 0 aromatic rings. The second-order valence-electron chi connectivity index (χ2n) is 4.30. The van der Waals surface area contributed by atoms with E-state index in [0.29, 0.717) is 6.42 Å². The molecule has 0 spiro atoms. The van der Waals surface area contributed by atoms with E-state index in [1.807, 2.05) is 13.8 Å². The van der Waals surface area contributed by atoms with E-state index in [1.54, 1.807) is 13.8 Å². The molecule has 0 heterocycles. The van der Waals surface area contributed by atoms with Gasteiger partial charge in [-0.15, -0.1) is 0 Å². The van der Waals surface area contributed by atoms with Gasteiger partial charge in [0.2, 0.25) is 0 Å². The summed E-state index contributed by atoms with van der Waals surface area (Å²) in [5, 5.41) is 2.47. The van der Waals surface area contributed by atoms with Crippen molar-refractivity contribution in [2.45, 2.75) is 46.3 Å². The number of carbonyl (C=O) groups is 2. The number of rotatable bonds is 5. The molecule has 1 amide bonds. The lowest BCUT2D eigenvalue weighted by Crippen LogP contribution is -2.43. The van der Waals surface area contributed by atoms with Gasteiger partial charge in [0.1, 0.15) is 6.04 Å². The fourth-order valence-electron chi connectivity index (χ4n) is 1.20. The summed E-state index contributed by atoms with van der Waals surface area (Å²) in [7, 11) is 1.26. The highest BCUT2D eigenvalue weighted by molar-refractivity contribution is 5.81. The Kier molecular flexibility index (Phi) is 6.53. The number of ether oxygens (including phenoxy) is 2.